The highest BCUT2D eigenvalue weighted by Crippen LogP contribution is 2.42. The van der Waals surface area contributed by atoms with Crippen molar-refractivity contribution in [2.45, 2.75) is 38.5 Å². The standard InChI is InChI=1S/C18H23NO2/c20-16-12-17(21)14-18(13-16)7-10-19(11-8-18)9-6-15-4-2-1-3-5-15/h1-5H,6-14H2. The normalized spacial score (nSPS) is 22.7. The molecule has 1 heterocycles. The number of piperidine rings is 1. The summed E-state index contributed by atoms with van der Waals surface area (Å²) < 4.78 is 0. The minimum absolute atomic E-state index is 0.00430. The molecule has 1 saturated carbocycles. The number of ketones is 2. The van der Waals surface area contributed by atoms with Crippen LogP contribution in [0.15, 0.2) is 30.3 Å². The number of carbonyl (C=O) groups excluding carboxylic acids is 2. The van der Waals surface area contributed by atoms with E-state index in [0.29, 0.717) is 12.8 Å². The van der Waals surface area contributed by atoms with Gasteiger partial charge in [-0.2, -0.15) is 0 Å². The van der Waals surface area contributed by atoms with Gasteiger partial charge < -0.3 is 4.90 Å². The Bertz CT molecular complexity index is 497. The van der Waals surface area contributed by atoms with Crippen LogP contribution in [0, 0.1) is 5.41 Å². The second-order valence-corrected chi connectivity index (χ2v) is 6.68. The summed E-state index contributed by atoms with van der Waals surface area (Å²) in [5.41, 5.74) is 1.37. The lowest BCUT2D eigenvalue weighted by Crippen LogP contribution is -2.45. The Hall–Kier alpha value is -1.48. The zero-order chi connectivity index (χ0) is 14.7. The zero-order valence-corrected chi connectivity index (χ0v) is 12.5. The number of nitrogens with zero attached hydrogens (tertiary/aromatic N) is 1. The van der Waals surface area contributed by atoms with E-state index in [1.165, 1.54) is 5.56 Å². The van der Waals surface area contributed by atoms with Gasteiger partial charge in [-0.1, -0.05) is 30.3 Å². The lowest BCUT2D eigenvalue weighted by Gasteiger charge is -2.43. The minimum atomic E-state index is -0.00430. The van der Waals surface area contributed by atoms with Gasteiger partial charge in [-0.15, -0.1) is 0 Å². The SMILES string of the molecule is O=C1CC(=O)CC2(CCN(CCc3ccccc3)CC2)C1. The smallest absolute Gasteiger partial charge is 0.140 e. The molecule has 3 nitrogen and oxygen atoms in total. The van der Waals surface area contributed by atoms with Crippen molar-refractivity contribution in [1.82, 2.24) is 4.90 Å². The fourth-order valence-electron chi connectivity index (χ4n) is 3.78. The van der Waals surface area contributed by atoms with Gasteiger partial charge in [-0.05, 0) is 43.3 Å². The van der Waals surface area contributed by atoms with Crippen molar-refractivity contribution in [1.29, 1.82) is 0 Å². The highest BCUT2D eigenvalue weighted by atomic mass is 16.1. The first-order chi connectivity index (χ1) is 10.2. The zero-order valence-electron chi connectivity index (χ0n) is 12.5. The maximum atomic E-state index is 11.7. The fraction of sp³-hybridized carbons (Fsp3) is 0.556. The number of Topliss-reactive ketones (excluding diaryl/α,β-unsaturated/α-hetero) is 2. The van der Waals surface area contributed by atoms with Crippen molar-refractivity contribution >= 4 is 11.6 Å². The molecule has 1 saturated heterocycles. The summed E-state index contributed by atoms with van der Waals surface area (Å²) in [6.45, 7) is 3.11. The molecule has 1 spiro atoms. The number of benzene rings is 1. The van der Waals surface area contributed by atoms with E-state index in [1.807, 2.05) is 6.07 Å². The minimum Gasteiger partial charge on any atom is -0.303 e. The molecular weight excluding hydrogens is 262 g/mol. The second-order valence-electron chi connectivity index (χ2n) is 6.68. The topological polar surface area (TPSA) is 37.4 Å². The van der Waals surface area contributed by atoms with Crippen LogP contribution in [0.1, 0.15) is 37.7 Å². The van der Waals surface area contributed by atoms with Crippen molar-refractivity contribution in [3.63, 3.8) is 0 Å². The molecule has 1 aromatic rings. The first-order valence-corrected chi connectivity index (χ1v) is 7.95. The molecule has 0 bridgehead atoms. The quantitative estimate of drug-likeness (QED) is 0.801. The van der Waals surface area contributed by atoms with Crippen LogP contribution in [0.4, 0.5) is 0 Å². The third-order valence-electron chi connectivity index (χ3n) is 5.01. The lowest BCUT2D eigenvalue weighted by atomic mass is 9.67. The largest absolute Gasteiger partial charge is 0.303 e. The Morgan fingerprint density at radius 2 is 1.57 bits per heavy atom. The van der Waals surface area contributed by atoms with Gasteiger partial charge in [0.15, 0.2) is 0 Å². The van der Waals surface area contributed by atoms with Gasteiger partial charge >= 0.3 is 0 Å². The van der Waals surface area contributed by atoms with E-state index in [9.17, 15) is 9.59 Å². The third-order valence-corrected chi connectivity index (χ3v) is 5.01. The van der Waals surface area contributed by atoms with Gasteiger partial charge in [-0.25, -0.2) is 0 Å². The van der Waals surface area contributed by atoms with Crippen LogP contribution in [0.5, 0.6) is 0 Å². The summed E-state index contributed by atoms with van der Waals surface area (Å²) in [6.07, 6.45) is 4.51. The molecule has 2 aliphatic rings. The fourth-order valence-corrected chi connectivity index (χ4v) is 3.78. The molecule has 3 heteroatoms. The van der Waals surface area contributed by atoms with Gasteiger partial charge in [0.25, 0.3) is 0 Å². The number of rotatable bonds is 3. The Labute approximate surface area is 126 Å². The molecule has 1 aromatic carbocycles. The molecular formula is C18H23NO2. The van der Waals surface area contributed by atoms with E-state index in [0.717, 1.165) is 38.9 Å². The van der Waals surface area contributed by atoms with Gasteiger partial charge in [-0.3, -0.25) is 9.59 Å². The Morgan fingerprint density at radius 3 is 2.19 bits per heavy atom. The van der Waals surface area contributed by atoms with Crippen LogP contribution < -0.4 is 0 Å². The molecule has 2 fully saturated rings. The predicted octanol–water partition coefficient (Wildman–Crippen LogP) is 2.63. The molecule has 112 valence electrons. The summed E-state index contributed by atoms with van der Waals surface area (Å²) in [6, 6.07) is 10.6. The second kappa shape index (κ2) is 6.10. The number of carbonyl (C=O) groups is 2. The number of hydrogen-bond acceptors (Lipinski definition) is 3. The molecule has 0 atom stereocenters. The van der Waals surface area contributed by atoms with E-state index in [2.05, 4.69) is 29.2 Å². The average Bonchev–Trinajstić information content (AvgIpc) is 2.47. The molecule has 0 N–H and O–H groups in total. The number of likely N-dealkylation sites (tertiary alicyclic amines) is 1. The van der Waals surface area contributed by atoms with E-state index < -0.39 is 0 Å². The molecule has 0 radical (unpaired) electrons. The van der Waals surface area contributed by atoms with E-state index in [-0.39, 0.29) is 23.4 Å². The summed E-state index contributed by atoms with van der Waals surface area (Å²) in [4.78, 5) is 25.9. The van der Waals surface area contributed by atoms with Crippen molar-refractivity contribution in [3.8, 4) is 0 Å². The molecule has 1 aliphatic heterocycles. The van der Waals surface area contributed by atoms with Crippen LogP contribution in [0.25, 0.3) is 0 Å². The molecule has 1 aliphatic carbocycles. The first kappa shape index (κ1) is 14.5. The number of hydrogen-bond donors (Lipinski definition) is 0. The lowest BCUT2D eigenvalue weighted by molar-refractivity contribution is -0.135. The Morgan fingerprint density at radius 1 is 0.952 bits per heavy atom. The van der Waals surface area contributed by atoms with E-state index >= 15 is 0 Å². The summed E-state index contributed by atoms with van der Waals surface area (Å²) in [7, 11) is 0. The Balaban J connectivity index is 1.51. The van der Waals surface area contributed by atoms with Crippen LogP contribution >= 0.6 is 0 Å². The van der Waals surface area contributed by atoms with E-state index in [1.54, 1.807) is 0 Å². The summed E-state index contributed by atoms with van der Waals surface area (Å²) in [5.74, 6) is 0.313. The monoisotopic (exact) mass is 285 g/mol. The molecule has 21 heavy (non-hydrogen) atoms. The summed E-state index contributed by atoms with van der Waals surface area (Å²) in [5, 5.41) is 0. The van der Waals surface area contributed by atoms with Crippen LogP contribution in [-0.4, -0.2) is 36.1 Å². The van der Waals surface area contributed by atoms with Crippen molar-refractivity contribution in [2.24, 2.45) is 5.41 Å². The molecule has 0 unspecified atom stereocenters. The maximum Gasteiger partial charge on any atom is 0.140 e. The van der Waals surface area contributed by atoms with Gasteiger partial charge in [0.1, 0.15) is 11.6 Å². The molecule has 0 amide bonds. The molecule has 3 rings (SSSR count). The first-order valence-electron chi connectivity index (χ1n) is 7.95. The maximum absolute atomic E-state index is 11.7. The van der Waals surface area contributed by atoms with E-state index in [4.69, 9.17) is 0 Å². The highest BCUT2D eigenvalue weighted by molar-refractivity contribution is 6.02. The van der Waals surface area contributed by atoms with Crippen molar-refractivity contribution < 1.29 is 9.59 Å². The van der Waals surface area contributed by atoms with Gasteiger partial charge in [0.05, 0.1) is 6.42 Å². The molecule has 0 aromatic heterocycles. The predicted molar refractivity (Wildman–Crippen MR) is 82.1 cm³/mol. The average molecular weight is 285 g/mol. The summed E-state index contributed by atoms with van der Waals surface area (Å²) >= 11 is 0. The van der Waals surface area contributed by atoms with Crippen molar-refractivity contribution in [3.05, 3.63) is 35.9 Å². The van der Waals surface area contributed by atoms with Crippen LogP contribution in [0.2, 0.25) is 0 Å². The van der Waals surface area contributed by atoms with Gasteiger partial charge in [0, 0.05) is 19.4 Å². The van der Waals surface area contributed by atoms with Crippen molar-refractivity contribution in [2.75, 3.05) is 19.6 Å². The third kappa shape index (κ3) is 3.59. The van der Waals surface area contributed by atoms with Crippen LogP contribution in [0.3, 0.4) is 0 Å². The Kier molecular flexibility index (Phi) is 4.20. The highest BCUT2D eigenvalue weighted by Gasteiger charge is 2.41. The van der Waals surface area contributed by atoms with Crippen LogP contribution in [-0.2, 0) is 16.0 Å². The van der Waals surface area contributed by atoms with Gasteiger partial charge in [0.2, 0.25) is 0 Å².